The van der Waals surface area contributed by atoms with E-state index in [0.29, 0.717) is 13.2 Å². The molecular weight excluding hydrogens is 212 g/mol. The van der Waals surface area contributed by atoms with Gasteiger partial charge in [-0.25, -0.2) is 0 Å². The van der Waals surface area contributed by atoms with Gasteiger partial charge in [-0.1, -0.05) is 24.9 Å². The predicted molar refractivity (Wildman–Crippen MR) is 62.7 cm³/mol. The molecule has 0 aliphatic carbocycles. The lowest BCUT2D eigenvalue weighted by Crippen LogP contribution is -2.07. The number of halogens is 1. The van der Waals surface area contributed by atoms with Crippen molar-refractivity contribution in [1.82, 2.24) is 0 Å². The fourth-order valence-corrected chi connectivity index (χ4v) is 1.22. The highest BCUT2D eigenvalue weighted by molar-refractivity contribution is 6.30. The lowest BCUT2D eigenvalue weighted by atomic mass is 10.3. The van der Waals surface area contributed by atoms with Gasteiger partial charge >= 0.3 is 0 Å². The zero-order valence-corrected chi connectivity index (χ0v) is 9.80. The summed E-state index contributed by atoms with van der Waals surface area (Å²) in [4.78, 5) is 0. The number of ether oxygens (including phenoxy) is 2. The van der Waals surface area contributed by atoms with Crippen LogP contribution in [-0.4, -0.2) is 19.8 Å². The van der Waals surface area contributed by atoms with E-state index >= 15 is 0 Å². The second kappa shape index (κ2) is 7.55. The van der Waals surface area contributed by atoms with Crippen LogP contribution in [0.3, 0.4) is 0 Å². The van der Waals surface area contributed by atoms with Crippen LogP contribution in [0.4, 0.5) is 0 Å². The number of rotatable bonds is 7. The van der Waals surface area contributed by atoms with Gasteiger partial charge in [0.05, 0.1) is 6.61 Å². The molecule has 0 bridgehead atoms. The van der Waals surface area contributed by atoms with Crippen LogP contribution < -0.4 is 4.74 Å². The van der Waals surface area contributed by atoms with Crippen LogP contribution in [-0.2, 0) is 4.74 Å². The molecule has 0 atom stereocenters. The summed E-state index contributed by atoms with van der Waals surface area (Å²) in [6.45, 7) is 4.20. The SMILES string of the molecule is CCCCOCCOc1ccc(Cl)cc1. The molecule has 0 aliphatic heterocycles. The van der Waals surface area contributed by atoms with E-state index in [4.69, 9.17) is 21.1 Å². The van der Waals surface area contributed by atoms with Gasteiger partial charge < -0.3 is 9.47 Å². The molecule has 0 N–H and O–H groups in total. The second-order valence-corrected chi connectivity index (χ2v) is 3.70. The van der Waals surface area contributed by atoms with Crippen LogP contribution in [0.15, 0.2) is 24.3 Å². The van der Waals surface area contributed by atoms with E-state index < -0.39 is 0 Å². The first-order valence-electron chi connectivity index (χ1n) is 5.29. The normalized spacial score (nSPS) is 10.3. The fourth-order valence-electron chi connectivity index (χ4n) is 1.10. The van der Waals surface area contributed by atoms with Crippen LogP contribution in [0.2, 0.25) is 5.02 Å². The molecule has 1 aromatic carbocycles. The average molecular weight is 229 g/mol. The molecule has 2 nitrogen and oxygen atoms in total. The summed E-state index contributed by atoms with van der Waals surface area (Å²) in [5.74, 6) is 0.832. The Morgan fingerprint density at radius 1 is 1.07 bits per heavy atom. The Labute approximate surface area is 96.2 Å². The maximum absolute atomic E-state index is 5.75. The molecule has 0 aromatic heterocycles. The van der Waals surface area contributed by atoms with E-state index in [2.05, 4.69) is 6.92 Å². The van der Waals surface area contributed by atoms with Gasteiger partial charge in [-0.3, -0.25) is 0 Å². The third-order valence-electron chi connectivity index (χ3n) is 1.95. The Kier molecular flexibility index (Phi) is 6.21. The Balaban J connectivity index is 2.07. The van der Waals surface area contributed by atoms with Crippen molar-refractivity contribution in [3.63, 3.8) is 0 Å². The van der Waals surface area contributed by atoms with E-state index in [9.17, 15) is 0 Å². The number of unbranched alkanes of at least 4 members (excludes halogenated alkanes) is 1. The predicted octanol–water partition coefficient (Wildman–Crippen LogP) is 3.54. The molecule has 0 radical (unpaired) electrons. The molecule has 3 heteroatoms. The molecule has 1 aromatic rings. The number of hydrogen-bond donors (Lipinski definition) is 0. The van der Waals surface area contributed by atoms with Gasteiger partial charge in [-0.2, -0.15) is 0 Å². The van der Waals surface area contributed by atoms with Crippen LogP contribution in [0, 0.1) is 0 Å². The third-order valence-corrected chi connectivity index (χ3v) is 2.20. The lowest BCUT2D eigenvalue weighted by Gasteiger charge is -2.06. The Bertz CT molecular complexity index is 259. The third kappa shape index (κ3) is 5.65. The first kappa shape index (κ1) is 12.3. The molecule has 0 aliphatic rings. The molecule has 0 heterocycles. The smallest absolute Gasteiger partial charge is 0.119 e. The summed E-state index contributed by atoms with van der Waals surface area (Å²) in [5.41, 5.74) is 0. The highest BCUT2D eigenvalue weighted by atomic mass is 35.5. The Morgan fingerprint density at radius 2 is 1.80 bits per heavy atom. The molecule has 0 amide bonds. The van der Waals surface area contributed by atoms with Gasteiger partial charge in [-0.15, -0.1) is 0 Å². The minimum absolute atomic E-state index is 0.589. The first-order valence-corrected chi connectivity index (χ1v) is 5.67. The van der Waals surface area contributed by atoms with Crippen molar-refractivity contribution in [2.75, 3.05) is 19.8 Å². The minimum atomic E-state index is 0.589. The van der Waals surface area contributed by atoms with Gasteiger partial charge in [0.15, 0.2) is 0 Å². The van der Waals surface area contributed by atoms with Crippen molar-refractivity contribution in [3.05, 3.63) is 29.3 Å². The van der Waals surface area contributed by atoms with Gasteiger partial charge in [0.1, 0.15) is 12.4 Å². The molecular formula is C12H17ClO2. The zero-order chi connectivity index (χ0) is 10.9. The zero-order valence-electron chi connectivity index (χ0n) is 9.04. The van der Waals surface area contributed by atoms with Crippen LogP contribution in [0.5, 0.6) is 5.75 Å². The van der Waals surface area contributed by atoms with Gasteiger partial charge in [0.2, 0.25) is 0 Å². The van der Waals surface area contributed by atoms with Crippen LogP contribution in [0.25, 0.3) is 0 Å². The summed E-state index contributed by atoms with van der Waals surface area (Å²) in [7, 11) is 0. The standard InChI is InChI=1S/C12H17ClO2/c1-2-3-8-14-9-10-15-12-6-4-11(13)5-7-12/h4-7H,2-3,8-10H2,1H3. The van der Waals surface area contributed by atoms with Crippen molar-refractivity contribution < 1.29 is 9.47 Å². The summed E-state index contributed by atoms with van der Waals surface area (Å²) >= 11 is 5.75. The molecule has 1 rings (SSSR count). The van der Waals surface area contributed by atoms with E-state index in [1.807, 2.05) is 24.3 Å². The average Bonchev–Trinajstić information content (AvgIpc) is 2.26. The Morgan fingerprint density at radius 3 is 2.47 bits per heavy atom. The quantitative estimate of drug-likeness (QED) is 0.665. The first-order chi connectivity index (χ1) is 7.33. The van der Waals surface area contributed by atoms with Crippen molar-refractivity contribution in [1.29, 1.82) is 0 Å². The monoisotopic (exact) mass is 228 g/mol. The number of hydrogen-bond acceptors (Lipinski definition) is 2. The molecule has 0 spiro atoms. The van der Waals surface area contributed by atoms with Crippen molar-refractivity contribution in [2.45, 2.75) is 19.8 Å². The van der Waals surface area contributed by atoms with E-state index in [-0.39, 0.29) is 0 Å². The molecule has 0 fully saturated rings. The number of benzene rings is 1. The van der Waals surface area contributed by atoms with Crippen molar-refractivity contribution >= 4 is 11.6 Å². The van der Waals surface area contributed by atoms with E-state index in [1.165, 1.54) is 0 Å². The van der Waals surface area contributed by atoms with Crippen molar-refractivity contribution in [2.24, 2.45) is 0 Å². The van der Waals surface area contributed by atoms with Crippen molar-refractivity contribution in [3.8, 4) is 5.75 Å². The van der Waals surface area contributed by atoms with Crippen LogP contribution in [0.1, 0.15) is 19.8 Å². The maximum Gasteiger partial charge on any atom is 0.119 e. The summed E-state index contributed by atoms with van der Waals surface area (Å²) in [6.07, 6.45) is 2.28. The summed E-state index contributed by atoms with van der Waals surface area (Å²) < 4.78 is 10.8. The topological polar surface area (TPSA) is 18.5 Å². The van der Waals surface area contributed by atoms with Crippen LogP contribution >= 0.6 is 11.6 Å². The molecule has 84 valence electrons. The fraction of sp³-hybridized carbons (Fsp3) is 0.500. The highest BCUT2D eigenvalue weighted by Crippen LogP contribution is 2.15. The van der Waals surface area contributed by atoms with E-state index in [0.717, 1.165) is 30.2 Å². The minimum Gasteiger partial charge on any atom is -0.491 e. The van der Waals surface area contributed by atoms with E-state index in [1.54, 1.807) is 0 Å². The molecule has 0 saturated heterocycles. The van der Waals surface area contributed by atoms with Gasteiger partial charge in [0, 0.05) is 11.6 Å². The largest absolute Gasteiger partial charge is 0.491 e. The van der Waals surface area contributed by atoms with Gasteiger partial charge in [0.25, 0.3) is 0 Å². The molecule has 15 heavy (non-hydrogen) atoms. The second-order valence-electron chi connectivity index (χ2n) is 3.27. The molecule has 0 unspecified atom stereocenters. The Hall–Kier alpha value is -0.730. The highest BCUT2D eigenvalue weighted by Gasteiger charge is 1.93. The summed E-state index contributed by atoms with van der Waals surface area (Å²) in [6, 6.07) is 7.34. The maximum atomic E-state index is 5.75. The molecule has 0 saturated carbocycles. The van der Waals surface area contributed by atoms with Gasteiger partial charge in [-0.05, 0) is 30.7 Å². The summed E-state index contributed by atoms with van der Waals surface area (Å²) in [5, 5.41) is 0.724. The lowest BCUT2D eigenvalue weighted by molar-refractivity contribution is 0.0980.